The molecule has 1 heterocycles. The van der Waals surface area contributed by atoms with Crippen molar-refractivity contribution in [2.45, 2.75) is 26.2 Å². The van der Waals surface area contributed by atoms with Gasteiger partial charge in [0.15, 0.2) is 0 Å². The van der Waals surface area contributed by atoms with E-state index in [0.29, 0.717) is 0 Å². The number of aromatic nitrogens is 1. The Morgan fingerprint density at radius 1 is 1.33 bits per heavy atom. The highest BCUT2D eigenvalue weighted by atomic mass is 79.9. The van der Waals surface area contributed by atoms with Gasteiger partial charge in [0.2, 0.25) is 0 Å². The fraction of sp³-hybridized carbons (Fsp3) is 0.385. The van der Waals surface area contributed by atoms with Gasteiger partial charge in [0, 0.05) is 15.6 Å². The molecule has 15 heavy (non-hydrogen) atoms. The maximum absolute atomic E-state index is 3.65. The summed E-state index contributed by atoms with van der Waals surface area (Å²) in [5.41, 5.74) is 3.94. The van der Waals surface area contributed by atoms with Gasteiger partial charge in [0.05, 0.1) is 5.52 Å². The van der Waals surface area contributed by atoms with Crippen molar-refractivity contribution >= 4 is 26.8 Å². The smallest absolute Gasteiger partial charge is 0.0600 e. The first kappa shape index (κ1) is 9.46. The summed E-state index contributed by atoms with van der Waals surface area (Å²) in [5, 5.41) is 1.33. The van der Waals surface area contributed by atoms with E-state index >= 15 is 0 Å². The lowest BCUT2D eigenvalue weighted by Crippen LogP contribution is -1.82. The number of halogens is 1. The third kappa shape index (κ3) is 1.51. The first-order valence-corrected chi connectivity index (χ1v) is 6.23. The van der Waals surface area contributed by atoms with Crippen molar-refractivity contribution < 1.29 is 0 Å². The zero-order valence-electron chi connectivity index (χ0n) is 8.97. The molecule has 0 bridgehead atoms. The van der Waals surface area contributed by atoms with E-state index in [1.54, 1.807) is 0 Å². The number of hydrogen-bond acceptors (Lipinski definition) is 0. The molecule has 1 aliphatic carbocycles. The molecule has 1 aromatic heterocycles. The predicted octanol–water partition coefficient (Wildman–Crippen LogP) is 4.36. The molecule has 1 nitrogen and oxygen atoms in total. The molecule has 1 saturated carbocycles. The summed E-state index contributed by atoms with van der Waals surface area (Å²) in [4.78, 5) is 3.38. The first-order chi connectivity index (χ1) is 7.15. The Bertz CT molecular complexity index is 527. The minimum atomic E-state index is 0.793. The van der Waals surface area contributed by atoms with Crippen molar-refractivity contribution in [1.29, 1.82) is 0 Å². The Morgan fingerprint density at radius 3 is 2.73 bits per heavy atom. The molecule has 0 saturated heterocycles. The van der Waals surface area contributed by atoms with Crippen LogP contribution in [0.15, 0.2) is 22.7 Å². The molecule has 2 unspecified atom stereocenters. The van der Waals surface area contributed by atoms with E-state index in [4.69, 9.17) is 0 Å². The van der Waals surface area contributed by atoms with E-state index in [-0.39, 0.29) is 0 Å². The molecule has 3 rings (SSSR count). The highest BCUT2D eigenvalue weighted by Gasteiger charge is 2.34. The van der Waals surface area contributed by atoms with Crippen LogP contribution in [0.2, 0.25) is 0 Å². The molecule has 0 amide bonds. The highest BCUT2D eigenvalue weighted by Crippen LogP contribution is 2.48. The standard InChI is InChI=1S/C13H14BrN/c1-7-3-11(7)9-5-10-4-8(2)15-13(10)12(14)6-9/h4-7,11,15H,3H2,1-2H3. The van der Waals surface area contributed by atoms with Gasteiger partial charge in [-0.05, 0) is 64.9 Å². The summed E-state index contributed by atoms with van der Waals surface area (Å²) in [6.45, 7) is 4.43. The molecular formula is C13H14BrN. The number of hydrogen-bond donors (Lipinski definition) is 1. The largest absolute Gasteiger partial charge is 0.358 e. The van der Waals surface area contributed by atoms with Crippen LogP contribution >= 0.6 is 15.9 Å². The number of fused-ring (bicyclic) bond motifs is 1. The van der Waals surface area contributed by atoms with Gasteiger partial charge in [-0.3, -0.25) is 0 Å². The second-order valence-electron chi connectivity index (χ2n) is 4.74. The first-order valence-electron chi connectivity index (χ1n) is 5.44. The van der Waals surface area contributed by atoms with E-state index in [2.05, 4.69) is 53.0 Å². The lowest BCUT2D eigenvalue weighted by atomic mass is 10.1. The molecule has 2 aromatic rings. The quantitative estimate of drug-likeness (QED) is 0.787. The fourth-order valence-corrected chi connectivity index (χ4v) is 2.96. The molecule has 0 radical (unpaired) electrons. The van der Waals surface area contributed by atoms with Crippen LogP contribution in [0.25, 0.3) is 10.9 Å². The number of aryl methyl sites for hydroxylation is 1. The van der Waals surface area contributed by atoms with Crippen molar-refractivity contribution in [3.63, 3.8) is 0 Å². The second-order valence-corrected chi connectivity index (χ2v) is 5.59. The average molecular weight is 264 g/mol. The van der Waals surface area contributed by atoms with Crippen LogP contribution in [0.1, 0.15) is 30.5 Å². The van der Waals surface area contributed by atoms with E-state index in [1.165, 1.54) is 33.1 Å². The number of nitrogens with one attached hydrogen (secondary N) is 1. The lowest BCUT2D eigenvalue weighted by Gasteiger charge is -2.01. The normalized spacial score (nSPS) is 24.7. The van der Waals surface area contributed by atoms with E-state index < -0.39 is 0 Å². The van der Waals surface area contributed by atoms with Gasteiger partial charge in [-0.2, -0.15) is 0 Å². The van der Waals surface area contributed by atoms with Crippen LogP contribution in [-0.4, -0.2) is 4.98 Å². The lowest BCUT2D eigenvalue weighted by molar-refractivity contribution is 0.915. The van der Waals surface area contributed by atoms with Crippen molar-refractivity contribution in [3.8, 4) is 0 Å². The molecule has 2 atom stereocenters. The minimum Gasteiger partial charge on any atom is -0.358 e. The molecule has 1 N–H and O–H groups in total. The third-order valence-corrected chi connectivity index (χ3v) is 4.00. The van der Waals surface area contributed by atoms with E-state index in [9.17, 15) is 0 Å². The Balaban J connectivity index is 2.18. The zero-order valence-corrected chi connectivity index (χ0v) is 10.6. The maximum atomic E-state index is 3.65. The summed E-state index contributed by atoms with van der Waals surface area (Å²) < 4.78 is 1.20. The van der Waals surface area contributed by atoms with Crippen LogP contribution in [-0.2, 0) is 0 Å². The minimum absolute atomic E-state index is 0.793. The summed E-state index contributed by atoms with van der Waals surface area (Å²) in [6.07, 6.45) is 1.35. The monoisotopic (exact) mass is 263 g/mol. The topological polar surface area (TPSA) is 15.8 Å². The Hall–Kier alpha value is -0.760. The number of aromatic amines is 1. The maximum Gasteiger partial charge on any atom is 0.0600 e. The molecule has 0 aliphatic heterocycles. The zero-order chi connectivity index (χ0) is 10.6. The molecule has 1 aliphatic rings. The number of H-pyrrole nitrogens is 1. The fourth-order valence-electron chi connectivity index (χ4n) is 2.36. The average Bonchev–Trinajstić information content (AvgIpc) is 2.76. The van der Waals surface area contributed by atoms with Gasteiger partial charge >= 0.3 is 0 Å². The number of rotatable bonds is 1. The van der Waals surface area contributed by atoms with Gasteiger partial charge in [0.1, 0.15) is 0 Å². The van der Waals surface area contributed by atoms with Gasteiger partial charge in [-0.1, -0.05) is 6.92 Å². The third-order valence-electron chi connectivity index (χ3n) is 3.37. The van der Waals surface area contributed by atoms with Gasteiger partial charge < -0.3 is 4.98 Å². The summed E-state index contributed by atoms with van der Waals surface area (Å²) >= 11 is 3.65. The van der Waals surface area contributed by atoms with E-state index in [1.807, 2.05) is 0 Å². The van der Waals surface area contributed by atoms with Crippen LogP contribution in [0, 0.1) is 12.8 Å². The SMILES string of the molecule is Cc1cc2cc(C3CC3C)cc(Br)c2[nH]1. The van der Waals surface area contributed by atoms with Crippen molar-refractivity contribution in [1.82, 2.24) is 4.98 Å². The Kier molecular flexibility index (Phi) is 1.96. The van der Waals surface area contributed by atoms with Gasteiger partial charge in [-0.25, -0.2) is 0 Å². The Morgan fingerprint density at radius 2 is 2.07 bits per heavy atom. The number of benzene rings is 1. The molecule has 1 aromatic carbocycles. The van der Waals surface area contributed by atoms with Crippen LogP contribution in [0.4, 0.5) is 0 Å². The molecule has 78 valence electrons. The van der Waals surface area contributed by atoms with Crippen LogP contribution < -0.4 is 0 Å². The van der Waals surface area contributed by atoms with Crippen molar-refractivity contribution in [2.75, 3.05) is 0 Å². The summed E-state index contributed by atoms with van der Waals surface area (Å²) in [5.74, 6) is 1.66. The predicted molar refractivity (Wildman–Crippen MR) is 67.3 cm³/mol. The van der Waals surface area contributed by atoms with Crippen LogP contribution in [0.3, 0.4) is 0 Å². The van der Waals surface area contributed by atoms with Crippen molar-refractivity contribution in [3.05, 3.63) is 33.9 Å². The van der Waals surface area contributed by atoms with Crippen LogP contribution in [0.5, 0.6) is 0 Å². The molecule has 0 spiro atoms. The summed E-state index contributed by atoms with van der Waals surface area (Å²) in [7, 11) is 0. The van der Waals surface area contributed by atoms with E-state index in [0.717, 1.165) is 11.8 Å². The highest BCUT2D eigenvalue weighted by molar-refractivity contribution is 9.10. The van der Waals surface area contributed by atoms with Gasteiger partial charge in [0.25, 0.3) is 0 Å². The second kappa shape index (κ2) is 3.11. The molecular weight excluding hydrogens is 250 g/mol. The molecule has 2 heteroatoms. The van der Waals surface area contributed by atoms with Gasteiger partial charge in [-0.15, -0.1) is 0 Å². The van der Waals surface area contributed by atoms with Crippen molar-refractivity contribution in [2.24, 2.45) is 5.92 Å². The Labute approximate surface area is 98.0 Å². The molecule has 1 fully saturated rings. The summed E-state index contributed by atoms with van der Waals surface area (Å²) in [6, 6.07) is 6.82.